The summed E-state index contributed by atoms with van der Waals surface area (Å²) in [4.78, 5) is 26.6. The Bertz CT molecular complexity index is 1210. The van der Waals surface area contributed by atoms with E-state index < -0.39 is 18.5 Å². The third kappa shape index (κ3) is 5.46. The summed E-state index contributed by atoms with van der Waals surface area (Å²) in [6, 6.07) is 15.6. The maximum Gasteiger partial charge on any atom is 0.338 e. The van der Waals surface area contributed by atoms with E-state index in [2.05, 4.69) is 5.10 Å². The average molecular weight is 495 g/mol. The second kappa shape index (κ2) is 11.1. The van der Waals surface area contributed by atoms with E-state index in [-0.39, 0.29) is 6.04 Å². The number of esters is 1. The molecule has 1 aliphatic heterocycles. The molecule has 0 spiro atoms. The van der Waals surface area contributed by atoms with Gasteiger partial charge in [0.15, 0.2) is 18.1 Å². The Balaban J connectivity index is 1.52. The Morgan fingerprint density at radius 3 is 2.49 bits per heavy atom. The largest absolute Gasteiger partial charge is 0.494 e. The number of ether oxygens (including phenoxy) is 4. The van der Waals surface area contributed by atoms with Crippen molar-refractivity contribution in [1.29, 1.82) is 0 Å². The molecule has 3 aromatic rings. The number of nitrogens with zero attached hydrogens (tertiary/aromatic N) is 2. The lowest BCUT2D eigenvalue weighted by Crippen LogP contribution is -2.31. The molecule has 35 heavy (non-hydrogen) atoms. The Morgan fingerprint density at radius 1 is 1.06 bits per heavy atom. The van der Waals surface area contributed by atoms with Crippen LogP contribution in [0.2, 0.25) is 0 Å². The summed E-state index contributed by atoms with van der Waals surface area (Å²) in [5.41, 5.74) is 1.97. The lowest BCUT2D eigenvalue weighted by atomic mass is 10.0. The zero-order valence-electron chi connectivity index (χ0n) is 19.7. The Morgan fingerprint density at radius 2 is 1.83 bits per heavy atom. The number of hydrogen-bond acceptors (Lipinski definition) is 8. The van der Waals surface area contributed by atoms with Gasteiger partial charge >= 0.3 is 5.97 Å². The summed E-state index contributed by atoms with van der Waals surface area (Å²) in [5, 5.41) is 7.96. The predicted molar refractivity (Wildman–Crippen MR) is 132 cm³/mol. The molecule has 2 aromatic carbocycles. The summed E-state index contributed by atoms with van der Waals surface area (Å²) in [7, 11) is 3.13. The van der Waals surface area contributed by atoms with Gasteiger partial charge in [-0.3, -0.25) is 4.79 Å². The Labute approximate surface area is 207 Å². The van der Waals surface area contributed by atoms with Gasteiger partial charge in [-0.2, -0.15) is 5.10 Å². The number of benzene rings is 2. The van der Waals surface area contributed by atoms with Crippen LogP contribution in [0, 0.1) is 0 Å². The highest BCUT2D eigenvalue weighted by Gasteiger charge is 2.34. The first kappa shape index (κ1) is 24.3. The number of methoxy groups -OCH3 is 2. The van der Waals surface area contributed by atoms with E-state index in [1.54, 1.807) is 55.9 Å². The number of rotatable bonds is 9. The molecule has 1 aromatic heterocycles. The van der Waals surface area contributed by atoms with Crippen molar-refractivity contribution in [3.63, 3.8) is 0 Å². The summed E-state index contributed by atoms with van der Waals surface area (Å²) in [6.07, 6.45) is 0.522. The van der Waals surface area contributed by atoms with Gasteiger partial charge < -0.3 is 18.9 Å². The fourth-order valence-electron chi connectivity index (χ4n) is 3.78. The van der Waals surface area contributed by atoms with E-state index in [0.717, 1.165) is 16.2 Å². The fraction of sp³-hybridized carbons (Fsp3) is 0.269. The molecule has 0 N–H and O–H groups in total. The third-order valence-electron chi connectivity index (χ3n) is 5.49. The van der Waals surface area contributed by atoms with Crippen molar-refractivity contribution in [1.82, 2.24) is 5.01 Å². The van der Waals surface area contributed by atoms with E-state index in [9.17, 15) is 9.59 Å². The van der Waals surface area contributed by atoms with Crippen molar-refractivity contribution in [2.24, 2.45) is 5.10 Å². The first-order chi connectivity index (χ1) is 17.0. The van der Waals surface area contributed by atoms with Gasteiger partial charge in [-0.15, -0.1) is 11.3 Å². The predicted octanol–water partition coefficient (Wildman–Crippen LogP) is 4.70. The normalized spacial score (nSPS) is 14.9. The van der Waals surface area contributed by atoms with E-state index in [4.69, 9.17) is 18.9 Å². The molecule has 8 nitrogen and oxygen atoms in total. The molecule has 1 aliphatic rings. The van der Waals surface area contributed by atoms with Crippen LogP contribution < -0.4 is 14.2 Å². The lowest BCUT2D eigenvalue weighted by molar-refractivity contribution is -0.136. The van der Waals surface area contributed by atoms with Crippen molar-refractivity contribution in [2.75, 3.05) is 27.4 Å². The first-order valence-corrected chi connectivity index (χ1v) is 12.0. The molecule has 2 heterocycles. The number of thiophene rings is 1. The van der Waals surface area contributed by atoms with Crippen LogP contribution in [-0.2, 0) is 9.53 Å². The number of amides is 1. The molecule has 0 radical (unpaired) electrons. The number of hydrazone groups is 1. The highest BCUT2D eigenvalue weighted by molar-refractivity contribution is 7.12. The first-order valence-electron chi connectivity index (χ1n) is 11.1. The van der Waals surface area contributed by atoms with Crippen LogP contribution in [0.4, 0.5) is 0 Å². The van der Waals surface area contributed by atoms with Gasteiger partial charge in [0.05, 0.1) is 43.0 Å². The average Bonchev–Trinajstić information content (AvgIpc) is 3.58. The second-order valence-corrected chi connectivity index (χ2v) is 8.58. The van der Waals surface area contributed by atoms with Crippen molar-refractivity contribution in [3.05, 3.63) is 76.0 Å². The molecular formula is C26H26N2O6S. The van der Waals surface area contributed by atoms with Crippen molar-refractivity contribution in [2.45, 2.75) is 19.4 Å². The molecule has 0 saturated carbocycles. The Hall–Kier alpha value is -3.85. The summed E-state index contributed by atoms with van der Waals surface area (Å²) in [6.45, 7) is 1.98. The smallest absolute Gasteiger partial charge is 0.338 e. The van der Waals surface area contributed by atoms with E-state index in [0.29, 0.717) is 35.8 Å². The monoisotopic (exact) mass is 494 g/mol. The minimum atomic E-state index is -0.592. The summed E-state index contributed by atoms with van der Waals surface area (Å²) < 4.78 is 21.5. The molecule has 0 aliphatic carbocycles. The van der Waals surface area contributed by atoms with E-state index >= 15 is 0 Å². The second-order valence-electron chi connectivity index (χ2n) is 7.63. The molecule has 1 amide bonds. The van der Waals surface area contributed by atoms with Crippen LogP contribution in [0.3, 0.4) is 0 Å². The molecule has 9 heteroatoms. The van der Waals surface area contributed by atoms with Crippen molar-refractivity contribution in [3.8, 4) is 17.2 Å². The molecule has 4 rings (SSSR count). The van der Waals surface area contributed by atoms with E-state index in [1.807, 2.05) is 36.6 Å². The zero-order valence-corrected chi connectivity index (χ0v) is 20.5. The summed E-state index contributed by atoms with van der Waals surface area (Å²) in [5.74, 6) is 0.798. The van der Waals surface area contributed by atoms with Crippen LogP contribution in [0.15, 0.2) is 65.1 Å². The maximum absolute atomic E-state index is 13.2. The molecule has 0 unspecified atom stereocenters. The van der Waals surface area contributed by atoms with Gasteiger partial charge in [0.1, 0.15) is 5.75 Å². The SMILES string of the molecule is CCOc1ccc(C(=O)OCC(=O)N2N=C(c3cccs3)C[C@@H]2c2ccc(OC)c(OC)c2)cc1. The highest BCUT2D eigenvalue weighted by atomic mass is 32.1. The van der Waals surface area contributed by atoms with Gasteiger partial charge in [0, 0.05) is 6.42 Å². The standard InChI is InChI=1S/C26H26N2O6S/c1-4-33-19-10-7-17(8-11-19)26(30)34-16-25(29)28-21(15-20(27-28)24-6-5-13-35-24)18-9-12-22(31-2)23(14-18)32-3/h5-14,21H,4,15-16H2,1-3H3/t21-/m1/s1. The number of carbonyl (C=O) groups is 2. The van der Waals surface area contributed by atoms with Crippen molar-refractivity contribution < 1.29 is 28.5 Å². The number of hydrogen-bond donors (Lipinski definition) is 0. The van der Waals surface area contributed by atoms with Gasteiger partial charge in [0.25, 0.3) is 5.91 Å². The van der Waals surface area contributed by atoms with Gasteiger partial charge in [0.2, 0.25) is 0 Å². The highest BCUT2D eigenvalue weighted by Crippen LogP contribution is 2.37. The molecule has 182 valence electrons. The molecule has 0 saturated heterocycles. The Kier molecular flexibility index (Phi) is 7.67. The quantitative estimate of drug-likeness (QED) is 0.401. The zero-order chi connectivity index (χ0) is 24.8. The van der Waals surface area contributed by atoms with Crippen LogP contribution in [0.25, 0.3) is 0 Å². The molecule has 0 fully saturated rings. The molecule has 1 atom stereocenters. The topological polar surface area (TPSA) is 86.7 Å². The number of carbonyl (C=O) groups excluding carboxylic acids is 2. The fourth-order valence-corrected chi connectivity index (χ4v) is 4.50. The minimum absolute atomic E-state index is 0.335. The van der Waals surface area contributed by atoms with Gasteiger partial charge in [-0.25, -0.2) is 9.80 Å². The van der Waals surface area contributed by atoms with E-state index in [1.165, 1.54) is 5.01 Å². The van der Waals surface area contributed by atoms with Crippen LogP contribution in [-0.4, -0.2) is 50.0 Å². The van der Waals surface area contributed by atoms with Crippen molar-refractivity contribution >= 4 is 28.9 Å². The van der Waals surface area contributed by atoms with Crippen LogP contribution >= 0.6 is 11.3 Å². The van der Waals surface area contributed by atoms with Crippen LogP contribution in [0.5, 0.6) is 17.2 Å². The molecular weight excluding hydrogens is 468 g/mol. The van der Waals surface area contributed by atoms with Gasteiger partial charge in [-0.1, -0.05) is 12.1 Å². The molecule has 0 bridgehead atoms. The third-order valence-corrected chi connectivity index (χ3v) is 6.41. The lowest BCUT2D eigenvalue weighted by Gasteiger charge is -2.22. The van der Waals surface area contributed by atoms with Crippen LogP contribution in [0.1, 0.15) is 40.2 Å². The summed E-state index contributed by atoms with van der Waals surface area (Å²) >= 11 is 1.56. The van der Waals surface area contributed by atoms with Gasteiger partial charge in [-0.05, 0) is 60.3 Å². The minimum Gasteiger partial charge on any atom is -0.494 e. The maximum atomic E-state index is 13.2.